The highest BCUT2D eigenvalue weighted by Crippen LogP contribution is 2.32. The van der Waals surface area contributed by atoms with E-state index in [2.05, 4.69) is 10.3 Å². The summed E-state index contributed by atoms with van der Waals surface area (Å²) in [6.45, 7) is 1.42. The monoisotopic (exact) mass is 399 g/mol. The van der Waals surface area contributed by atoms with Crippen LogP contribution in [0.5, 0.6) is 5.75 Å². The lowest BCUT2D eigenvalue weighted by Crippen LogP contribution is -2.20. The number of hydrogen-bond acceptors (Lipinski definition) is 4. The topological polar surface area (TPSA) is 73.2 Å². The van der Waals surface area contributed by atoms with Crippen LogP contribution >= 0.6 is 22.6 Å². The molecule has 0 aromatic carbocycles. The van der Waals surface area contributed by atoms with Crippen molar-refractivity contribution in [2.75, 3.05) is 12.4 Å². The van der Waals surface area contributed by atoms with Gasteiger partial charge in [0.1, 0.15) is 15.1 Å². The number of methoxy groups -OCH3 is 1. The van der Waals surface area contributed by atoms with Crippen LogP contribution in [0.15, 0.2) is 29.3 Å². The summed E-state index contributed by atoms with van der Waals surface area (Å²) in [5, 5.41) is 2.63. The van der Waals surface area contributed by atoms with Gasteiger partial charge in [0, 0.05) is 31.9 Å². The van der Waals surface area contributed by atoms with E-state index in [1.807, 2.05) is 22.6 Å². The Morgan fingerprint density at radius 2 is 2.19 bits per heavy atom. The minimum absolute atomic E-state index is 0.118. The molecule has 0 aliphatic rings. The fourth-order valence-electron chi connectivity index (χ4n) is 1.93. The first-order chi connectivity index (χ1) is 9.93. The zero-order valence-corrected chi connectivity index (χ0v) is 14.0. The molecular weight excluding hydrogens is 385 g/mol. The molecule has 0 atom stereocenters. The number of amides is 1. The van der Waals surface area contributed by atoms with Gasteiger partial charge in [-0.05, 0) is 40.3 Å². The first-order valence-electron chi connectivity index (χ1n) is 6.11. The molecule has 0 aliphatic carbocycles. The third-order valence-electron chi connectivity index (χ3n) is 2.85. The van der Waals surface area contributed by atoms with E-state index in [0.29, 0.717) is 15.1 Å². The molecule has 2 aromatic rings. The number of aryl methyl sites for hydroxylation is 1. The maximum absolute atomic E-state index is 12.0. The molecule has 2 heterocycles. The third kappa shape index (κ3) is 3.23. The van der Waals surface area contributed by atoms with Crippen LogP contribution in [0.4, 0.5) is 5.82 Å². The second-order valence-corrected chi connectivity index (χ2v) is 5.50. The molecule has 0 saturated heterocycles. The smallest absolute Gasteiger partial charge is 0.267 e. The van der Waals surface area contributed by atoms with Crippen LogP contribution in [0, 0.1) is 3.57 Å². The maximum atomic E-state index is 12.0. The van der Waals surface area contributed by atoms with Crippen molar-refractivity contribution in [3.8, 4) is 16.9 Å². The standard InChI is InChI=1S/C14H14IN3O3/c1-8(19)17-11-6-9(4-5-16-11)10-7-18(2)14(20)12(15)13(10)21-3/h4-7H,1-3H3,(H,16,17,19). The maximum Gasteiger partial charge on any atom is 0.267 e. The van der Waals surface area contributed by atoms with Crippen LogP contribution in [-0.4, -0.2) is 22.6 Å². The number of hydrogen-bond donors (Lipinski definition) is 1. The van der Waals surface area contributed by atoms with Crippen molar-refractivity contribution in [1.29, 1.82) is 0 Å². The molecular formula is C14H14IN3O3. The van der Waals surface area contributed by atoms with E-state index in [0.717, 1.165) is 11.1 Å². The number of carbonyl (C=O) groups is 1. The molecule has 1 amide bonds. The highest BCUT2D eigenvalue weighted by Gasteiger charge is 2.15. The first kappa shape index (κ1) is 15.5. The van der Waals surface area contributed by atoms with Crippen LogP contribution in [0.2, 0.25) is 0 Å². The number of anilines is 1. The van der Waals surface area contributed by atoms with Gasteiger partial charge in [-0.2, -0.15) is 0 Å². The Kier molecular flexibility index (Phi) is 4.61. The van der Waals surface area contributed by atoms with Crippen LogP contribution < -0.4 is 15.6 Å². The van der Waals surface area contributed by atoms with Gasteiger partial charge in [0.25, 0.3) is 5.56 Å². The van der Waals surface area contributed by atoms with E-state index in [1.165, 1.54) is 18.6 Å². The number of nitrogens with zero attached hydrogens (tertiary/aromatic N) is 2. The fourth-order valence-corrected chi connectivity index (χ4v) is 2.82. The molecule has 0 saturated carbocycles. The Morgan fingerprint density at radius 1 is 1.48 bits per heavy atom. The molecule has 0 unspecified atom stereocenters. The summed E-state index contributed by atoms with van der Waals surface area (Å²) >= 11 is 1.97. The Morgan fingerprint density at radius 3 is 2.81 bits per heavy atom. The highest BCUT2D eigenvalue weighted by molar-refractivity contribution is 14.1. The number of carbonyl (C=O) groups excluding carboxylic acids is 1. The molecule has 2 aromatic heterocycles. The van der Waals surface area contributed by atoms with Crippen LogP contribution in [0.25, 0.3) is 11.1 Å². The summed E-state index contributed by atoms with van der Waals surface area (Å²) in [7, 11) is 3.21. The first-order valence-corrected chi connectivity index (χ1v) is 7.19. The molecule has 2 rings (SSSR count). The largest absolute Gasteiger partial charge is 0.495 e. The van der Waals surface area contributed by atoms with Crippen molar-refractivity contribution in [3.05, 3.63) is 38.5 Å². The highest BCUT2D eigenvalue weighted by atomic mass is 127. The number of aromatic nitrogens is 2. The molecule has 0 radical (unpaired) electrons. The van der Waals surface area contributed by atoms with Crippen molar-refractivity contribution >= 4 is 34.3 Å². The predicted molar refractivity (Wildman–Crippen MR) is 88.5 cm³/mol. The van der Waals surface area contributed by atoms with Gasteiger partial charge in [0.05, 0.1) is 7.11 Å². The minimum atomic E-state index is -0.193. The third-order valence-corrected chi connectivity index (χ3v) is 3.81. The minimum Gasteiger partial charge on any atom is -0.495 e. The van der Waals surface area contributed by atoms with Gasteiger partial charge in [-0.25, -0.2) is 4.98 Å². The number of pyridine rings is 2. The van der Waals surface area contributed by atoms with E-state index in [-0.39, 0.29) is 11.5 Å². The lowest BCUT2D eigenvalue weighted by molar-refractivity contribution is -0.114. The zero-order chi connectivity index (χ0) is 15.6. The molecule has 6 nitrogen and oxygen atoms in total. The van der Waals surface area contributed by atoms with Crippen LogP contribution in [-0.2, 0) is 11.8 Å². The van der Waals surface area contributed by atoms with Gasteiger partial charge in [-0.15, -0.1) is 0 Å². The Hall–Kier alpha value is -1.90. The number of nitrogens with one attached hydrogen (secondary N) is 1. The lowest BCUT2D eigenvalue weighted by Gasteiger charge is -2.13. The van der Waals surface area contributed by atoms with Gasteiger partial charge >= 0.3 is 0 Å². The molecule has 0 bridgehead atoms. The van der Waals surface area contributed by atoms with Crippen molar-refractivity contribution < 1.29 is 9.53 Å². The lowest BCUT2D eigenvalue weighted by atomic mass is 10.1. The van der Waals surface area contributed by atoms with E-state index in [4.69, 9.17) is 4.74 Å². The number of rotatable bonds is 3. The quantitative estimate of drug-likeness (QED) is 0.802. The normalized spacial score (nSPS) is 10.3. The Labute approximate surface area is 135 Å². The van der Waals surface area contributed by atoms with Crippen molar-refractivity contribution in [3.63, 3.8) is 0 Å². The van der Waals surface area contributed by atoms with Crippen LogP contribution in [0.1, 0.15) is 6.92 Å². The van der Waals surface area contributed by atoms with Crippen LogP contribution in [0.3, 0.4) is 0 Å². The summed E-state index contributed by atoms with van der Waals surface area (Å²) in [4.78, 5) is 27.1. The van der Waals surface area contributed by atoms with Gasteiger partial charge < -0.3 is 14.6 Å². The average molecular weight is 399 g/mol. The molecule has 0 fully saturated rings. The van der Waals surface area contributed by atoms with Gasteiger partial charge in [0.15, 0.2) is 0 Å². The van der Waals surface area contributed by atoms with Gasteiger partial charge in [0.2, 0.25) is 5.91 Å². The SMILES string of the molecule is COc1c(-c2ccnc(NC(C)=O)c2)cn(C)c(=O)c1I. The summed E-state index contributed by atoms with van der Waals surface area (Å²) in [6, 6.07) is 3.53. The summed E-state index contributed by atoms with van der Waals surface area (Å²) in [6.07, 6.45) is 3.30. The second kappa shape index (κ2) is 6.25. The number of halogens is 1. The van der Waals surface area contributed by atoms with Gasteiger partial charge in [-0.1, -0.05) is 0 Å². The molecule has 1 N–H and O–H groups in total. The zero-order valence-electron chi connectivity index (χ0n) is 11.8. The van der Waals surface area contributed by atoms with Crippen molar-refractivity contribution in [2.45, 2.75) is 6.92 Å². The predicted octanol–water partition coefficient (Wildman–Crippen LogP) is 2.02. The summed E-state index contributed by atoms with van der Waals surface area (Å²) in [5.74, 6) is 0.770. The molecule has 110 valence electrons. The molecule has 21 heavy (non-hydrogen) atoms. The molecule has 0 spiro atoms. The summed E-state index contributed by atoms with van der Waals surface area (Å²) < 4.78 is 7.36. The number of ether oxygens (including phenoxy) is 1. The Bertz CT molecular complexity index is 756. The Balaban J connectivity index is 2.61. The van der Waals surface area contributed by atoms with Crippen molar-refractivity contribution in [1.82, 2.24) is 9.55 Å². The molecule has 0 aliphatic heterocycles. The average Bonchev–Trinajstić information content (AvgIpc) is 2.44. The van der Waals surface area contributed by atoms with E-state index >= 15 is 0 Å². The van der Waals surface area contributed by atoms with Gasteiger partial charge in [-0.3, -0.25) is 9.59 Å². The molecule has 7 heteroatoms. The van der Waals surface area contributed by atoms with Crippen molar-refractivity contribution in [2.24, 2.45) is 7.05 Å². The second-order valence-electron chi connectivity index (χ2n) is 4.42. The summed E-state index contributed by atoms with van der Waals surface area (Å²) in [5.41, 5.74) is 1.45. The fraction of sp³-hybridized carbons (Fsp3) is 0.214. The van der Waals surface area contributed by atoms with E-state index < -0.39 is 0 Å². The van der Waals surface area contributed by atoms with E-state index in [1.54, 1.807) is 31.6 Å². The van der Waals surface area contributed by atoms with E-state index in [9.17, 15) is 9.59 Å².